The number of hydrogen-bond donors (Lipinski definition) is 2. The van der Waals surface area contributed by atoms with Crippen LogP contribution in [-0.4, -0.2) is 27.3 Å². The van der Waals surface area contributed by atoms with Gasteiger partial charge in [0.1, 0.15) is 5.82 Å². The number of nitrogens with zero attached hydrogens (tertiary/aromatic N) is 2. The first-order valence-electron chi connectivity index (χ1n) is 5.78. The predicted molar refractivity (Wildman–Crippen MR) is 72.7 cm³/mol. The Morgan fingerprint density at radius 1 is 1.50 bits per heavy atom. The van der Waals surface area contributed by atoms with Gasteiger partial charge in [-0.25, -0.2) is 4.98 Å². The number of carbonyl (C=O) groups is 1. The largest absolute Gasteiger partial charge is 0.352 e. The molecule has 0 spiro atoms. The van der Waals surface area contributed by atoms with Crippen LogP contribution in [0.1, 0.15) is 16.2 Å². The highest BCUT2D eigenvalue weighted by Crippen LogP contribution is 2.22. The zero-order chi connectivity index (χ0) is 14.5. The molecule has 2 aromatic rings. The Morgan fingerprint density at radius 3 is 2.90 bits per heavy atom. The molecule has 1 heterocycles. The van der Waals surface area contributed by atoms with Gasteiger partial charge in [-0.3, -0.25) is 14.9 Å². The highest BCUT2D eigenvalue weighted by atomic mass is 35.5. The van der Waals surface area contributed by atoms with Gasteiger partial charge in [0.05, 0.1) is 15.5 Å². The van der Waals surface area contributed by atoms with Crippen molar-refractivity contribution in [2.75, 3.05) is 6.54 Å². The SMILES string of the molecule is O=C(NCCc1ncc[nH]1)c1ccc([N+](=O)[O-])cc1Cl. The van der Waals surface area contributed by atoms with Gasteiger partial charge in [0, 0.05) is 37.5 Å². The Kier molecular flexibility index (Phi) is 4.31. The molecule has 0 radical (unpaired) electrons. The van der Waals surface area contributed by atoms with Crippen LogP contribution in [-0.2, 0) is 6.42 Å². The minimum atomic E-state index is -0.565. The lowest BCUT2D eigenvalue weighted by molar-refractivity contribution is -0.384. The molecule has 1 aromatic heterocycles. The summed E-state index contributed by atoms with van der Waals surface area (Å²) in [6.45, 7) is 0.389. The fourth-order valence-electron chi connectivity index (χ4n) is 1.63. The molecule has 0 saturated carbocycles. The molecule has 2 rings (SSSR count). The average molecular weight is 295 g/mol. The number of H-pyrrole nitrogens is 1. The molecular formula is C12H11ClN4O3. The zero-order valence-corrected chi connectivity index (χ0v) is 11.1. The summed E-state index contributed by atoms with van der Waals surface area (Å²) in [6.07, 6.45) is 3.89. The Hall–Kier alpha value is -2.41. The second kappa shape index (κ2) is 6.16. The molecule has 7 nitrogen and oxygen atoms in total. The van der Waals surface area contributed by atoms with Crippen molar-refractivity contribution in [2.24, 2.45) is 0 Å². The molecule has 0 bridgehead atoms. The smallest absolute Gasteiger partial charge is 0.270 e. The number of rotatable bonds is 5. The van der Waals surface area contributed by atoms with E-state index in [1.807, 2.05) is 0 Å². The van der Waals surface area contributed by atoms with Crippen molar-refractivity contribution in [3.8, 4) is 0 Å². The molecule has 20 heavy (non-hydrogen) atoms. The predicted octanol–water partition coefficient (Wildman–Crippen LogP) is 1.94. The maximum absolute atomic E-state index is 11.9. The summed E-state index contributed by atoms with van der Waals surface area (Å²) in [4.78, 5) is 28.8. The van der Waals surface area contributed by atoms with Crippen LogP contribution in [0.15, 0.2) is 30.6 Å². The number of imidazole rings is 1. The summed E-state index contributed by atoms with van der Waals surface area (Å²) in [7, 11) is 0. The van der Waals surface area contributed by atoms with E-state index in [4.69, 9.17) is 11.6 Å². The summed E-state index contributed by atoms with van der Waals surface area (Å²) in [5.41, 5.74) is 0.0545. The third-order valence-electron chi connectivity index (χ3n) is 2.61. The first-order valence-corrected chi connectivity index (χ1v) is 6.16. The van der Waals surface area contributed by atoms with Crippen LogP contribution in [0.2, 0.25) is 5.02 Å². The lowest BCUT2D eigenvalue weighted by Gasteiger charge is -2.05. The van der Waals surface area contributed by atoms with E-state index in [1.165, 1.54) is 12.1 Å². The number of nitro groups is 1. The minimum absolute atomic E-state index is 0.0506. The van der Waals surface area contributed by atoms with E-state index in [2.05, 4.69) is 15.3 Å². The summed E-state index contributed by atoms with van der Waals surface area (Å²) >= 11 is 5.86. The number of hydrogen-bond acceptors (Lipinski definition) is 4. The number of carbonyl (C=O) groups excluding carboxylic acids is 1. The Bertz CT molecular complexity index is 628. The van der Waals surface area contributed by atoms with Crippen molar-refractivity contribution in [2.45, 2.75) is 6.42 Å². The normalized spacial score (nSPS) is 10.2. The quantitative estimate of drug-likeness (QED) is 0.650. The molecule has 1 amide bonds. The number of halogens is 1. The molecule has 1 aromatic carbocycles. The maximum atomic E-state index is 11.9. The van der Waals surface area contributed by atoms with Crippen molar-refractivity contribution in [3.05, 3.63) is 57.1 Å². The Morgan fingerprint density at radius 2 is 2.30 bits per heavy atom. The van der Waals surface area contributed by atoms with E-state index in [0.717, 1.165) is 11.9 Å². The lowest BCUT2D eigenvalue weighted by Crippen LogP contribution is -2.26. The van der Waals surface area contributed by atoms with Gasteiger partial charge in [0.15, 0.2) is 0 Å². The van der Waals surface area contributed by atoms with E-state index < -0.39 is 4.92 Å². The average Bonchev–Trinajstić information content (AvgIpc) is 2.91. The van der Waals surface area contributed by atoms with Gasteiger partial charge < -0.3 is 10.3 Å². The van der Waals surface area contributed by atoms with Gasteiger partial charge in [-0.05, 0) is 6.07 Å². The number of aromatic nitrogens is 2. The molecule has 104 valence electrons. The van der Waals surface area contributed by atoms with Gasteiger partial charge in [-0.2, -0.15) is 0 Å². The number of nitro benzene ring substituents is 1. The highest BCUT2D eigenvalue weighted by molar-refractivity contribution is 6.34. The first-order chi connectivity index (χ1) is 9.58. The molecule has 0 aliphatic heterocycles. The van der Waals surface area contributed by atoms with Crippen LogP contribution in [0.4, 0.5) is 5.69 Å². The number of nitrogens with one attached hydrogen (secondary N) is 2. The first kappa shape index (κ1) is 14.0. The fraction of sp³-hybridized carbons (Fsp3) is 0.167. The highest BCUT2D eigenvalue weighted by Gasteiger charge is 2.14. The summed E-state index contributed by atoms with van der Waals surface area (Å²) in [5.74, 6) is 0.386. The molecule has 0 fully saturated rings. The van der Waals surface area contributed by atoms with Gasteiger partial charge in [-0.1, -0.05) is 11.6 Å². The number of aromatic amines is 1. The molecule has 0 aliphatic rings. The van der Waals surface area contributed by atoms with Crippen LogP contribution in [0.3, 0.4) is 0 Å². The van der Waals surface area contributed by atoms with Crippen LogP contribution in [0.5, 0.6) is 0 Å². The lowest BCUT2D eigenvalue weighted by atomic mass is 10.2. The summed E-state index contributed by atoms with van der Waals surface area (Å²) in [5, 5.41) is 13.3. The molecule has 0 aliphatic carbocycles. The molecular weight excluding hydrogens is 284 g/mol. The maximum Gasteiger partial charge on any atom is 0.270 e. The summed E-state index contributed by atoms with van der Waals surface area (Å²) < 4.78 is 0. The third kappa shape index (κ3) is 3.33. The molecule has 0 atom stereocenters. The fourth-order valence-corrected chi connectivity index (χ4v) is 1.89. The van der Waals surface area contributed by atoms with Crippen molar-refractivity contribution < 1.29 is 9.72 Å². The molecule has 8 heteroatoms. The van der Waals surface area contributed by atoms with Crippen molar-refractivity contribution in [3.63, 3.8) is 0 Å². The van der Waals surface area contributed by atoms with E-state index in [1.54, 1.807) is 12.4 Å². The van der Waals surface area contributed by atoms with E-state index in [9.17, 15) is 14.9 Å². The topological polar surface area (TPSA) is 101 Å². The van der Waals surface area contributed by atoms with Gasteiger partial charge in [-0.15, -0.1) is 0 Å². The van der Waals surface area contributed by atoms with E-state index in [-0.39, 0.29) is 22.2 Å². The van der Waals surface area contributed by atoms with Crippen LogP contribution in [0, 0.1) is 10.1 Å². The van der Waals surface area contributed by atoms with Gasteiger partial charge in [0.25, 0.3) is 11.6 Å². The van der Waals surface area contributed by atoms with Crippen molar-refractivity contribution >= 4 is 23.2 Å². The van der Waals surface area contributed by atoms with E-state index in [0.29, 0.717) is 13.0 Å². The third-order valence-corrected chi connectivity index (χ3v) is 2.92. The van der Waals surface area contributed by atoms with Crippen molar-refractivity contribution in [1.82, 2.24) is 15.3 Å². The minimum Gasteiger partial charge on any atom is -0.352 e. The van der Waals surface area contributed by atoms with Gasteiger partial charge >= 0.3 is 0 Å². The van der Waals surface area contributed by atoms with Crippen molar-refractivity contribution in [1.29, 1.82) is 0 Å². The summed E-state index contributed by atoms with van der Waals surface area (Å²) in [6, 6.07) is 3.74. The van der Waals surface area contributed by atoms with Crippen LogP contribution >= 0.6 is 11.6 Å². The Balaban J connectivity index is 1.97. The molecule has 0 unspecified atom stereocenters. The number of benzene rings is 1. The van der Waals surface area contributed by atoms with Crippen LogP contribution < -0.4 is 5.32 Å². The standard InChI is InChI=1S/C12H11ClN4O3/c13-10-7-8(17(19)20)1-2-9(10)12(18)16-4-3-11-14-5-6-15-11/h1-2,5-7H,3-4H2,(H,14,15)(H,16,18). The van der Waals surface area contributed by atoms with E-state index >= 15 is 0 Å². The Labute approximate surface area is 119 Å². The molecule has 2 N–H and O–H groups in total. The van der Waals surface area contributed by atoms with Crippen LogP contribution in [0.25, 0.3) is 0 Å². The second-order valence-corrected chi connectivity index (χ2v) is 4.37. The number of non-ortho nitro benzene ring substituents is 1. The zero-order valence-electron chi connectivity index (χ0n) is 10.3. The number of amides is 1. The second-order valence-electron chi connectivity index (χ2n) is 3.96. The molecule has 0 saturated heterocycles. The monoisotopic (exact) mass is 294 g/mol. The van der Waals surface area contributed by atoms with Gasteiger partial charge in [0.2, 0.25) is 0 Å².